The number of benzene rings is 1. The number of amides is 2. The van der Waals surface area contributed by atoms with Crippen LogP contribution in [0.15, 0.2) is 24.3 Å². The maximum absolute atomic E-state index is 13.2. The van der Waals surface area contributed by atoms with E-state index in [9.17, 15) is 19.6 Å². The molecule has 0 spiro atoms. The summed E-state index contributed by atoms with van der Waals surface area (Å²) in [7, 11) is 0. The summed E-state index contributed by atoms with van der Waals surface area (Å²) in [4.78, 5) is 37.8. The summed E-state index contributed by atoms with van der Waals surface area (Å²) in [5.41, 5.74) is 1.00. The molecule has 0 bridgehead atoms. The molecule has 1 aromatic rings. The van der Waals surface area contributed by atoms with Gasteiger partial charge in [-0.25, -0.2) is 0 Å². The van der Waals surface area contributed by atoms with E-state index < -0.39 is 12.0 Å². The van der Waals surface area contributed by atoms with E-state index in [1.165, 1.54) is 19.3 Å². The number of nitriles is 1. The number of aryl methyl sites for hydroxylation is 1. The van der Waals surface area contributed by atoms with E-state index in [1.54, 1.807) is 6.07 Å². The lowest BCUT2D eigenvalue weighted by molar-refractivity contribution is -0.130. The summed E-state index contributed by atoms with van der Waals surface area (Å²) in [6.07, 6.45) is 8.54. The number of hydrogen-bond donors (Lipinski definition) is 2. The summed E-state index contributed by atoms with van der Waals surface area (Å²) in [6.45, 7) is 0.612. The minimum atomic E-state index is -0.721. The molecule has 1 aliphatic heterocycles. The van der Waals surface area contributed by atoms with E-state index in [0.29, 0.717) is 49.6 Å². The number of nitrogens with one attached hydrogen (secondary N) is 2. The summed E-state index contributed by atoms with van der Waals surface area (Å²) in [5.74, 6) is -0.480. The Kier molecular flexibility index (Phi) is 9.75. The lowest BCUT2D eigenvalue weighted by Gasteiger charge is -2.26. The molecule has 3 rings (SSSR count). The Balaban J connectivity index is 1.59. The van der Waals surface area contributed by atoms with Crippen molar-refractivity contribution in [3.8, 4) is 6.07 Å². The second-order valence-corrected chi connectivity index (χ2v) is 9.95. The normalized spacial score (nSPS) is 20.5. The molecule has 2 N–H and O–H groups in total. The average molecular weight is 472 g/mol. The molecule has 2 fully saturated rings. The standard InChI is InChI=1S/C26H34ClN3O3/c27-22-8-4-7-19(14-22)9-10-24(31)16-21(13-18-5-2-1-3-6-18)26(33)30-23(17-28)15-20-11-12-29-25(20)32/h4,7-8,14,18,20-21,23H,1-3,5-6,9-13,15-16H2,(H,29,32)(H,30,33)/t20-,21+,23-/m0/s1. The number of carbonyl (C=O) groups excluding carboxylic acids is 3. The van der Waals surface area contributed by atoms with E-state index >= 15 is 0 Å². The molecule has 1 saturated heterocycles. The maximum atomic E-state index is 13.2. The van der Waals surface area contributed by atoms with Crippen LogP contribution in [-0.2, 0) is 20.8 Å². The molecule has 1 aromatic carbocycles. The van der Waals surface area contributed by atoms with Crippen LogP contribution < -0.4 is 10.6 Å². The fourth-order valence-electron chi connectivity index (χ4n) is 5.05. The zero-order chi connectivity index (χ0) is 23.6. The Morgan fingerprint density at radius 1 is 1.18 bits per heavy atom. The van der Waals surface area contributed by atoms with Gasteiger partial charge in [-0.3, -0.25) is 14.4 Å². The number of Topliss-reactive ketones (excluding diaryl/α,β-unsaturated/α-hetero) is 1. The quantitative estimate of drug-likeness (QED) is 0.501. The first-order valence-electron chi connectivity index (χ1n) is 12.2. The monoisotopic (exact) mass is 471 g/mol. The van der Waals surface area contributed by atoms with Gasteiger partial charge in [-0.1, -0.05) is 55.8 Å². The summed E-state index contributed by atoms with van der Waals surface area (Å²) in [6, 6.07) is 8.89. The molecule has 2 amide bonds. The first-order chi connectivity index (χ1) is 15.9. The smallest absolute Gasteiger partial charge is 0.224 e. The molecule has 3 atom stereocenters. The fraction of sp³-hybridized carbons (Fsp3) is 0.615. The molecule has 1 heterocycles. The lowest BCUT2D eigenvalue weighted by atomic mass is 9.80. The highest BCUT2D eigenvalue weighted by Gasteiger charge is 2.31. The topological polar surface area (TPSA) is 99.1 Å². The van der Waals surface area contributed by atoms with Crippen LogP contribution in [0.1, 0.15) is 69.8 Å². The third-order valence-corrected chi connectivity index (χ3v) is 7.16. The molecule has 178 valence electrons. The van der Waals surface area contributed by atoms with Crippen molar-refractivity contribution in [2.24, 2.45) is 17.8 Å². The van der Waals surface area contributed by atoms with E-state index in [1.807, 2.05) is 18.2 Å². The van der Waals surface area contributed by atoms with Crippen LogP contribution in [0.5, 0.6) is 0 Å². The Hall–Kier alpha value is -2.39. The molecular weight excluding hydrogens is 438 g/mol. The lowest BCUT2D eigenvalue weighted by Crippen LogP contribution is -2.41. The Morgan fingerprint density at radius 3 is 2.64 bits per heavy atom. The Bertz CT molecular complexity index is 876. The van der Waals surface area contributed by atoms with Gasteiger partial charge in [0.25, 0.3) is 0 Å². The van der Waals surface area contributed by atoms with E-state index in [-0.39, 0.29) is 29.9 Å². The van der Waals surface area contributed by atoms with E-state index in [0.717, 1.165) is 18.4 Å². The fourth-order valence-corrected chi connectivity index (χ4v) is 5.26. The highest BCUT2D eigenvalue weighted by atomic mass is 35.5. The second kappa shape index (κ2) is 12.7. The molecule has 0 unspecified atom stereocenters. The average Bonchev–Trinajstić information content (AvgIpc) is 3.21. The predicted molar refractivity (Wildman–Crippen MR) is 127 cm³/mol. The van der Waals surface area contributed by atoms with Gasteiger partial charge in [0.15, 0.2) is 0 Å². The second-order valence-electron chi connectivity index (χ2n) is 9.51. The van der Waals surface area contributed by atoms with Crippen LogP contribution in [0, 0.1) is 29.1 Å². The minimum Gasteiger partial charge on any atom is -0.356 e. The number of rotatable bonds is 11. The van der Waals surface area contributed by atoms with Crippen molar-refractivity contribution in [1.82, 2.24) is 10.6 Å². The largest absolute Gasteiger partial charge is 0.356 e. The third-order valence-electron chi connectivity index (χ3n) is 6.92. The van der Waals surface area contributed by atoms with Crippen LogP contribution in [0.4, 0.5) is 0 Å². The molecule has 1 aliphatic carbocycles. The van der Waals surface area contributed by atoms with Crippen LogP contribution >= 0.6 is 11.6 Å². The third kappa shape index (κ3) is 8.16. The van der Waals surface area contributed by atoms with Gasteiger partial charge in [0, 0.05) is 36.2 Å². The van der Waals surface area contributed by atoms with Gasteiger partial charge < -0.3 is 10.6 Å². The summed E-state index contributed by atoms with van der Waals surface area (Å²) < 4.78 is 0. The van der Waals surface area contributed by atoms with Crippen LogP contribution in [0.3, 0.4) is 0 Å². The SMILES string of the molecule is N#C[C@H](C[C@@H]1CCNC1=O)NC(=O)[C@@H](CC(=O)CCc1cccc(Cl)c1)CC1CCCCC1. The number of halogens is 1. The van der Waals surface area contributed by atoms with Crippen molar-refractivity contribution in [3.05, 3.63) is 34.9 Å². The Labute approximate surface area is 201 Å². The van der Waals surface area contributed by atoms with Crippen LogP contribution in [-0.4, -0.2) is 30.2 Å². The molecule has 2 aliphatic rings. The zero-order valence-electron chi connectivity index (χ0n) is 19.2. The van der Waals surface area contributed by atoms with Gasteiger partial charge in [-0.2, -0.15) is 5.26 Å². The van der Waals surface area contributed by atoms with Gasteiger partial charge in [-0.05, 0) is 49.3 Å². The van der Waals surface area contributed by atoms with Crippen molar-refractivity contribution < 1.29 is 14.4 Å². The van der Waals surface area contributed by atoms with E-state index in [4.69, 9.17) is 11.6 Å². The van der Waals surface area contributed by atoms with Gasteiger partial charge >= 0.3 is 0 Å². The first-order valence-corrected chi connectivity index (χ1v) is 12.6. The summed E-state index contributed by atoms with van der Waals surface area (Å²) >= 11 is 6.04. The highest BCUT2D eigenvalue weighted by Crippen LogP contribution is 2.31. The van der Waals surface area contributed by atoms with Crippen molar-refractivity contribution in [2.75, 3.05) is 6.54 Å². The van der Waals surface area contributed by atoms with Gasteiger partial charge in [0.1, 0.15) is 11.8 Å². The van der Waals surface area contributed by atoms with Crippen molar-refractivity contribution in [1.29, 1.82) is 5.26 Å². The van der Waals surface area contributed by atoms with Crippen molar-refractivity contribution >= 4 is 29.2 Å². The van der Waals surface area contributed by atoms with E-state index in [2.05, 4.69) is 16.7 Å². The number of carbonyl (C=O) groups is 3. The first kappa shape index (κ1) is 25.2. The molecular formula is C26H34ClN3O3. The number of ketones is 1. The van der Waals surface area contributed by atoms with Gasteiger partial charge in [0.05, 0.1) is 6.07 Å². The zero-order valence-corrected chi connectivity index (χ0v) is 19.9. The molecule has 33 heavy (non-hydrogen) atoms. The van der Waals surface area contributed by atoms with Crippen molar-refractivity contribution in [2.45, 2.75) is 76.7 Å². The highest BCUT2D eigenvalue weighted by molar-refractivity contribution is 6.30. The molecule has 6 nitrogen and oxygen atoms in total. The molecule has 0 aromatic heterocycles. The predicted octanol–water partition coefficient (Wildman–Crippen LogP) is 4.35. The van der Waals surface area contributed by atoms with Crippen molar-refractivity contribution in [3.63, 3.8) is 0 Å². The van der Waals surface area contributed by atoms with Gasteiger partial charge in [-0.15, -0.1) is 0 Å². The van der Waals surface area contributed by atoms with Crippen LogP contribution in [0.2, 0.25) is 5.02 Å². The minimum absolute atomic E-state index is 0.0506. The molecule has 1 saturated carbocycles. The number of nitrogens with zero attached hydrogens (tertiary/aromatic N) is 1. The molecule has 7 heteroatoms. The summed E-state index contributed by atoms with van der Waals surface area (Å²) in [5, 5.41) is 15.8. The van der Waals surface area contributed by atoms with Crippen LogP contribution in [0.25, 0.3) is 0 Å². The van der Waals surface area contributed by atoms with Gasteiger partial charge in [0.2, 0.25) is 11.8 Å². The Morgan fingerprint density at radius 2 is 1.97 bits per heavy atom. The number of hydrogen-bond acceptors (Lipinski definition) is 4. The molecule has 0 radical (unpaired) electrons. The maximum Gasteiger partial charge on any atom is 0.224 e.